The van der Waals surface area contributed by atoms with E-state index in [1.165, 1.54) is 6.92 Å². The maximum Gasteiger partial charge on any atom is 0.252 e. The average molecular weight is 620 g/mol. The number of nitrogens with one attached hydrogen (secondary N) is 4. The van der Waals surface area contributed by atoms with Gasteiger partial charge in [-0.2, -0.15) is 0 Å². The van der Waals surface area contributed by atoms with Gasteiger partial charge in [0.15, 0.2) is 0 Å². The number of aliphatic hydroxyl groups is 1. The van der Waals surface area contributed by atoms with Crippen molar-refractivity contribution >= 4 is 23.6 Å². The maximum absolute atomic E-state index is 13.5. The molecule has 4 amide bonds. The van der Waals surface area contributed by atoms with Crippen molar-refractivity contribution in [3.63, 3.8) is 0 Å². The Kier molecular flexibility index (Phi) is 11.6. The zero-order valence-electron chi connectivity index (χ0n) is 25.8. The highest BCUT2D eigenvalue weighted by Crippen LogP contribution is 2.20. The molecule has 0 fully saturated rings. The Balaban J connectivity index is 1.64. The molecule has 1 aliphatic heterocycles. The molecule has 4 atom stereocenters. The summed E-state index contributed by atoms with van der Waals surface area (Å²) in [5, 5.41) is 29.6. The van der Waals surface area contributed by atoms with Crippen LogP contribution in [0.1, 0.15) is 60.3 Å². The Bertz CT molecular complexity index is 1480. The van der Waals surface area contributed by atoms with Crippen molar-refractivity contribution in [3.8, 4) is 5.75 Å². The Morgan fingerprint density at radius 3 is 2.51 bits per heavy atom. The molecule has 5 N–H and O–H groups in total. The first kappa shape index (κ1) is 33.1. The summed E-state index contributed by atoms with van der Waals surface area (Å²) in [5.74, 6) is -1.83. The number of ether oxygens (including phenoxy) is 1. The minimum atomic E-state index is -1.39. The second-order valence-corrected chi connectivity index (χ2v) is 11.2. The van der Waals surface area contributed by atoms with Crippen molar-refractivity contribution in [2.45, 2.75) is 83.8 Å². The molecule has 0 saturated heterocycles. The molecule has 4 bridgehead atoms. The van der Waals surface area contributed by atoms with Crippen LogP contribution in [-0.2, 0) is 33.9 Å². The topological polar surface area (TPSA) is 177 Å². The third-order valence-corrected chi connectivity index (χ3v) is 7.50. The van der Waals surface area contributed by atoms with E-state index in [4.69, 9.17) is 4.74 Å². The molecule has 4 rings (SSSR count). The van der Waals surface area contributed by atoms with Crippen LogP contribution in [0.15, 0.2) is 54.7 Å². The fourth-order valence-electron chi connectivity index (χ4n) is 4.87. The first-order valence-electron chi connectivity index (χ1n) is 15.2. The van der Waals surface area contributed by atoms with Crippen LogP contribution in [0.25, 0.3) is 0 Å². The normalized spacial score (nSPS) is 20.8. The van der Waals surface area contributed by atoms with Crippen molar-refractivity contribution in [2.75, 3.05) is 6.61 Å². The Morgan fingerprint density at radius 1 is 1.00 bits per heavy atom. The van der Waals surface area contributed by atoms with Crippen molar-refractivity contribution in [3.05, 3.63) is 77.1 Å². The highest BCUT2D eigenvalue weighted by molar-refractivity contribution is 5.99. The van der Waals surface area contributed by atoms with Gasteiger partial charge in [-0.15, -0.1) is 5.10 Å². The summed E-state index contributed by atoms with van der Waals surface area (Å²) in [6.07, 6.45) is 2.27. The van der Waals surface area contributed by atoms with Crippen LogP contribution in [-0.4, -0.2) is 74.6 Å². The first-order chi connectivity index (χ1) is 21.6. The van der Waals surface area contributed by atoms with E-state index in [1.807, 2.05) is 44.2 Å². The Morgan fingerprint density at radius 2 is 1.78 bits per heavy atom. The summed E-state index contributed by atoms with van der Waals surface area (Å²) < 4.78 is 7.54. The predicted molar refractivity (Wildman–Crippen MR) is 165 cm³/mol. The number of hydrogen-bond acceptors (Lipinski definition) is 8. The molecule has 240 valence electrons. The van der Waals surface area contributed by atoms with Crippen LogP contribution in [0.3, 0.4) is 0 Å². The van der Waals surface area contributed by atoms with E-state index < -0.39 is 47.9 Å². The fraction of sp³-hybridized carbons (Fsp3) is 0.438. The van der Waals surface area contributed by atoms with E-state index in [0.717, 1.165) is 17.5 Å². The van der Waals surface area contributed by atoms with Gasteiger partial charge in [0.1, 0.15) is 36.2 Å². The van der Waals surface area contributed by atoms with Crippen molar-refractivity contribution in [2.24, 2.45) is 0 Å². The van der Waals surface area contributed by atoms with Gasteiger partial charge in [0.25, 0.3) is 5.91 Å². The molecule has 2 heterocycles. The fourth-order valence-corrected chi connectivity index (χ4v) is 4.87. The van der Waals surface area contributed by atoms with E-state index in [0.29, 0.717) is 36.4 Å². The minimum Gasteiger partial charge on any atom is -0.491 e. The van der Waals surface area contributed by atoms with Gasteiger partial charge in [0.2, 0.25) is 17.7 Å². The van der Waals surface area contributed by atoms with Crippen LogP contribution in [0, 0.1) is 6.92 Å². The monoisotopic (exact) mass is 619 g/mol. The Labute approximate surface area is 262 Å². The third-order valence-electron chi connectivity index (χ3n) is 7.50. The molecule has 13 heteroatoms. The number of benzene rings is 2. The number of rotatable bonds is 6. The SMILES string of the molecule is CCCC[C@@H]1NC(=O)c2ccc(C)c(c2)OCCn2cc(nn2)CNC(=O)[C@@H](Cc2ccccc2)NC(=O)[C@H]([C@@H](C)O)NC1=O. The highest BCUT2D eigenvalue weighted by Gasteiger charge is 2.32. The van der Waals surface area contributed by atoms with Crippen LogP contribution >= 0.6 is 0 Å². The summed E-state index contributed by atoms with van der Waals surface area (Å²) in [6, 6.07) is 10.8. The van der Waals surface area contributed by atoms with Gasteiger partial charge >= 0.3 is 0 Å². The van der Waals surface area contributed by atoms with Crippen molar-refractivity contribution in [1.29, 1.82) is 0 Å². The van der Waals surface area contributed by atoms with Crippen LogP contribution in [0.4, 0.5) is 0 Å². The lowest BCUT2D eigenvalue weighted by atomic mass is 10.0. The molecule has 45 heavy (non-hydrogen) atoms. The van der Waals surface area contributed by atoms with Crippen molar-refractivity contribution in [1.82, 2.24) is 36.3 Å². The van der Waals surface area contributed by atoms with E-state index in [2.05, 4.69) is 31.6 Å². The molecule has 3 aromatic rings. The van der Waals surface area contributed by atoms with E-state index in [1.54, 1.807) is 29.1 Å². The molecule has 0 saturated carbocycles. The van der Waals surface area contributed by atoms with E-state index in [9.17, 15) is 24.3 Å². The van der Waals surface area contributed by atoms with Crippen LogP contribution in [0.2, 0.25) is 0 Å². The van der Waals surface area contributed by atoms with Gasteiger partial charge in [0.05, 0.1) is 25.4 Å². The summed E-state index contributed by atoms with van der Waals surface area (Å²) in [6.45, 7) is 5.86. The van der Waals surface area contributed by atoms with Crippen LogP contribution < -0.4 is 26.0 Å². The molecular formula is C32H41N7O6. The zero-order valence-corrected chi connectivity index (χ0v) is 25.8. The molecule has 1 aromatic heterocycles. The van der Waals surface area contributed by atoms with Crippen LogP contribution in [0.5, 0.6) is 5.75 Å². The maximum atomic E-state index is 13.5. The first-order valence-corrected chi connectivity index (χ1v) is 15.2. The molecule has 13 nitrogen and oxygen atoms in total. The summed E-state index contributed by atoms with van der Waals surface area (Å²) in [7, 11) is 0. The lowest BCUT2D eigenvalue weighted by Crippen LogP contribution is -2.60. The number of carbonyl (C=O) groups is 4. The molecular weight excluding hydrogens is 578 g/mol. The Hall–Kier alpha value is -4.78. The highest BCUT2D eigenvalue weighted by atomic mass is 16.5. The standard InChI is InChI=1S/C32H41N7O6/c1-4-5-11-25-31(43)36-28(21(3)40)32(44)35-26(16-22-9-7-6-8-10-22)30(42)33-18-24-19-39(38-37-24)14-15-45-27-17-23(29(41)34-25)13-12-20(27)2/h6-10,12-13,17,19,21,25-26,28,40H,4-5,11,14-16,18H2,1-3H3,(H,33,42)(H,34,41)(H,35,44)(H,36,43)/t21-,25+,26-,28+/m1/s1. The zero-order chi connectivity index (χ0) is 32.3. The largest absolute Gasteiger partial charge is 0.491 e. The third kappa shape index (κ3) is 9.35. The van der Waals surface area contributed by atoms with Gasteiger partial charge in [-0.25, -0.2) is 4.68 Å². The molecule has 0 radical (unpaired) electrons. The molecule has 0 spiro atoms. The summed E-state index contributed by atoms with van der Waals surface area (Å²) in [5.41, 5.74) is 2.43. The number of amides is 4. The van der Waals surface area contributed by atoms with Crippen molar-refractivity contribution < 1.29 is 29.0 Å². The number of unbranched alkanes of at least 4 members (excludes halogenated alkanes) is 1. The van der Waals surface area contributed by atoms with Gasteiger partial charge in [-0.05, 0) is 43.5 Å². The number of nitrogens with zero attached hydrogens (tertiary/aromatic N) is 3. The minimum absolute atomic E-state index is 0.0610. The second kappa shape index (κ2) is 15.8. The average Bonchev–Trinajstić information content (AvgIpc) is 3.48. The molecule has 1 aliphatic rings. The van der Waals surface area contributed by atoms with Gasteiger partial charge in [-0.1, -0.05) is 61.4 Å². The van der Waals surface area contributed by atoms with Gasteiger partial charge in [0, 0.05) is 12.0 Å². The number of aliphatic hydroxyl groups excluding tert-OH is 1. The van der Waals surface area contributed by atoms with E-state index in [-0.39, 0.29) is 19.6 Å². The predicted octanol–water partition coefficient (Wildman–Crippen LogP) is 1.18. The molecule has 0 unspecified atom stereocenters. The summed E-state index contributed by atoms with van der Waals surface area (Å²) in [4.78, 5) is 53.6. The van der Waals surface area contributed by atoms with Gasteiger partial charge in [-0.3, -0.25) is 19.2 Å². The van der Waals surface area contributed by atoms with Gasteiger partial charge < -0.3 is 31.1 Å². The lowest BCUT2D eigenvalue weighted by molar-refractivity contribution is -0.134. The molecule has 2 aromatic carbocycles. The molecule has 0 aliphatic carbocycles. The smallest absolute Gasteiger partial charge is 0.252 e. The second-order valence-electron chi connectivity index (χ2n) is 11.2. The van der Waals surface area contributed by atoms with E-state index >= 15 is 0 Å². The number of fused-ring (bicyclic) bond motifs is 4. The lowest BCUT2D eigenvalue weighted by Gasteiger charge is -2.27. The number of hydrogen-bond donors (Lipinski definition) is 5. The summed E-state index contributed by atoms with van der Waals surface area (Å²) >= 11 is 0. The number of aromatic nitrogens is 3. The number of carbonyl (C=O) groups excluding carboxylic acids is 4. The quantitative estimate of drug-likeness (QED) is 0.273. The number of aryl methyl sites for hydroxylation is 1.